The molecule has 3 aromatic rings. The summed E-state index contributed by atoms with van der Waals surface area (Å²) in [5.74, 6) is -0.263. The van der Waals surface area contributed by atoms with E-state index in [0.29, 0.717) is 37.0 Å². The first-order chi connectivity index (χ1) is 19.3. The zero-order chi connectivity index (χ0) is 28.3. The highest BCUT2D eigenvalue weighted by molar-refractivity contribution is 7.91. The highest BCUT2D eigenvalue weighted by Gasteiger charge is 2.34. The predicted octanol–water partition coefficient (Wildman–Crippen LogP) is 2.92. The summed E-state index contributed by atoms with van der Waals surface area (Å²) >= 11 is 1.26. The minimum atomic E-state index is -3.62. The van der Waals surface area contributed by atoms with Crippen LogP contribution in [0.3, 0.4) is 0 Å². The molecule has 2 aliphatic heterocycles. The lowest BCUT2D eigenvalue weighted by Gasteiger charge is -2.39. The van der Waals surface area contributed by atoms with Crippen LogP contribution in [0.15, 0.2) is 47.2 Å². The Morgan fingerprint density at radius 2 is 1.73 bits per heavy atom. The maximum atomic E-state index is 13.5. The average Bonchev–Trinajstić information content (AvgIpc) is 3.65. The molecule has 4 heterocycles. The van der Waals surface area contributed by atoms with Gasteiger partial charge >= 0.3 is 0 Å². The van der Waals surface area contributed by atoms with Gasteiger partial charge < -0.3 is 19.1 Å². The molecule has 2 aliphatic rings. The third-order valence-corrected chi connectivity index (χ3v) is 11.4. The molecule has 2 atom stereocenters. The largest absolute Gasteiger partial charge is 0.385 e. The summed E-state index contributed by atoms with van der Waals surface area (Å²) in [6.45, 7) is 8.19. The minimum Gasteiger partial charge on any atom is -0.385 e. The molecule has 2 fully saturated rings. The molecular weight excluding hydrogens is 553 g/mol. The second kappa shape index (κ2) is 12.6. The van der Waals surface area contributed by atoms with Gasteiger partial charge in [-0.15, -0.1) is 0 Å². The van der Waals surface area contributed by atoms with Crippen LogP contribution < -0.4 is 4.90 Å². The Morgan fingerprint density at radius 3 is 2.40 bits per heavy atom. The van der Waals surface area contributed by atoms with Crippen LogP contribution in [0.5, 0.6) is 0 Å². The Balaban J connectivity index is 1.28. The van der Waals surface area contributed by atoms with Crippen molar-refractivity contribution in [2.24, 2.45) is 0 Å². The van der Waals surface area contributed by atoms with Gasteiger partial charge in [0.25, 0.3) is 10.0 Å². The summed E-state index contributed by atoms with van der Waals surface area (Å²) in [4.78, 5) is 15.7. The van der Waals surface area contributed by atoms with Crippen LogP contribution in [0.2, 0.25) is 0 Å². The standard InChI is InChI=1S/C27H38FN7O3S2/c1-21(22-4-6-23(28)7-5-22)35-20-29-18-25(35)24(8-17-38-3)32-13-15-34(16-14-32)40(36,37)26-19-30-27(39-26)33-11-9-31(2)10-12-33/h4-7,18-21,24H,8-17H2,1-3H3/t21-,24?/m1/s1. The van der Waals surface area contributed by atoms with Gasteiger partial charge in [0, 0.05) is 72.3 Å². The normalized spacial score (nSPS) is 19.6. The van der Waals surface area contributed by atoms with E-state index in [1.165, 1.54) is 29.7 Å². The van der Waals surface area contributed by atoms with E-state index in [1.54, 1.807) is 23.5 Å². The Morgan fingerprint density at radius 1 is 1.02 bits per heavy atom. The number of benzene rings is 1. The van der Waals surface area contributed by atoms with Gasteiger partial charge in [-0.3, -0.25) is 4.90 Å². The van der Waals surface area contributed by atoms with E-state index in [9.17, 15) is 12.8 Å². The molecule has 2 aromatic heterocycles. The molecule has 0 radical (unpaired) electrons. The van der Waals surface area contributed by atoms with Gasteiger partial charge in [-0.2, -0.15) is 4.31 Å². The summed E-state index contributed by atoms with van der Waals surface area (Å²) in [7, 11) is 0.159. The zero-order valence-corrected chi connectivity index (χ0v) is 24.9. The van der Waals surface area contributed by atoms with Crippen molar-refractivity contribution < 1.29 is 17.5 Å². The number of hydrogen-bond donors (Lipinski definition) is 0. The van der Waals surface area contributed by atoms with Crippen molar-refractivity contribution in [2.75, 3.05) is 78.0 Å². The SMILES string of the molecule is COCCC(c1cncn1[C@H](C)c1ccc(F)cc1)N1CCN(S(=O)(=O)c2cnc(N3CCN(C)CC3)s2)CC1. The first-order valence-corrected chi connectivity index (χ1v) is 15.9. The van der Waals surface area contributed by atoms with Crippen LogP contribution in [-0.2, 0) is 14.8 Å². The molecule has 5 rings (SSSR count). The molecule has 40 heavy (non-hydrogen) atoms. The summed E-state index contributed by atoms with van der Waals surface area (Å²) in [6.07, 6.45) is 5.94. The zero-order valence-electron chi connectivity index (χ0n) is 23.3. The fraction of sp³-hybridized carbons (Fsp3) is 0.556. The highest BCUT2D eigenvalue weighted by Crippen LogP contribution is 2.33. The van der Waals surface area contributed by atoms with Gasteiger partial charge in [-0.1, -0.05) is 23.5 Å². The van der Waals surface area contributed by atoms with E-state index in [-0.39, 0.29) is 17.9 Å². The Kier molecular flexibility index (Phi) is 9.18. The van der Waals surface area contributed by atoms with E-state index < -0.39 is 10.0 Å². The second-order valence-electron chi connectivity index (χ2n) is 10.4. The molecule has 218 valence electrons. The number of imidazole rings is 1. The van der Waals surface area contributed by atoms with E-state index >= 15 is 0 Å². The Hall–Kier alpha value is -2.42. The smallest absolute Gasteiger partial charge is 0.254 e. The van der Waals surface area contributed by atoms with E-state index in [2.05, 4.69) is 43.2 Å². The van der Waals surface area contributed by atoms with Crippen LogP contribution in [0, 0.1) is 5.82 Å². The van der Waals surface area contributed by atoms with Crippen molar-refractivity contribution in [3.8, 4) is 0 Å². The fourth-order valence-corrected chi connectivity index (χ4v) is 8.19. The van der Waals surface area contributed by atoms with Crippen LogP contribution >= 0.6 is 11.3 Å². The predicted molar refractivity (Wildman–Crippen MR) is 154 cm³/mol. The van der Waals surface area contributed by atoms with Crippen molar-refractivity contribution >= 4 is 26.5 Å². The van der Waals surface area contributed by atoms with Crippen molar-refractivity contribution in [1.29, 1.82) is 0 Å². The highest BCUT2D eigenvalue weighted by atomic mass is 32.2. The number of hydrogen-bond acceptors (Lipinski definition) is 9. The maximum Gasteiger partial charge on any atom is 0.254 e. The minimum absolute atomic E-state index is 0.00226. The lowest BCUT2D eigenvalue weighted by atomic mass is 10.0. The number of sulfonamides is 1. The molecule has 0 bridgehead atoms. The van der Waals surface area contributed by atoms with Crippen LogP contribution in [0.1, 0.15) is 36.7 Å². The number of anilines is 1. The molecule has 13 heteroatoms. The molecule has 0 spiro atoms. The van der Waals surface area contributed by atoms with Gasteiger partial charge in [-0.25, -0.2) is 22.8 Å². The molecule has 0 N–H and O–H groups in total. The molecule has 1 unspecified atom stereocenters. The second-order valence-corrected chi connectivity index (χ2v) is 13.6. The molecular formula is C27H38FN7O3S2. The average molecular weight is 592 g/mol. The summed E-state index contributed by atoms with van der Waals surface area (Å²) in [5.41, 5.74) is 2.02. The third kappa shape index (κ3) is 6.24. The number of halogens is 1. The lowest BCUT2D eigenvalue weighted by Crippen LogP contribution is -2.49. The number of likely N-dealkylation sites (N-methyl/N-ethyl adjacent to an activating group) is 1. The molecule has 10 nitrogen and oxygen atoms in total. The molecule has 1 aromatic carbocycles. The number of thiazole rings is 1. The quantitative estimate of drug-likeness (QED) is 0.356. The monoisotopic (exact) mass is 591 g/mol. The summed E-state index contributed by atoms with van der Waals surface area (Å²) in [5, 5.41) is 0.772. The number of aromatic nitrogens is 3. The summed E-state index contributed by atoms with van der Waals surface area (Å²) in [6, 6.07) is 6.51. The number of piperazine rings is 2. The van der Waals surface area contributed by atoms with Crippen molar-refractivity contribution in [3.63, 3.8) is 0 Å². The number of nitrogens with zero attached hydrogens (tertiary/aromatic N) is 7. The van der Waals surface area contributed by atoms with Gasteiger partial charge in [-0.05, 0) is 38.1 Å². The van der Waals surface area contributed by atoms with E-state index in [4.69, 9.17) is 4.74 Å². The number of rotatable bonds is 10. The van der Waals surface area contributed by atoms with Crippen molar-refractivity contribution in [1.82, 2.24) is 28.6 Å². The number of methoxy groups -OCH3 is 1. The van der Waals surface area contributed by atoms with Crippen molar-refractivity contribution in [3.05, 3.63) is 60.1 Å². The van der Waals surface area contributed by atoms with Crippen molar-refractivity contribution in [2.45, 2.75) is 29.6 Å². The van der Waals surface area contributed by atoms with Crippen LogP contribution in [0.25, 0.3) is 0 Å². The van der Waals surface area contributed by atoms with Gasteiger partial charge in [0.05, 0.1) is 30.3 Å². The molecule has 2 saturated heterocycles. The summed E-state index contributed by atoms with van der Waals surface area (Å²) < 4.78 is 50.0. The van der Waals surface area contributed by atoms with Crippen LogP contribution in [0.4, 0.5) is 9.52 Å². The van der Waals surface area contributed by atoms with Gasteiger partial charge in [0.2, 0.25) is 0 Å². The fourth-order valence-electron chi connectivity index (χ4n) is 5.44. The topological polar surface area (TPSA) is 87.0 Å². The first kappa shape index (κ1) is 29.1. The van der Waals surface area contributed by atoms with E-state index in [1.807, 2.05) is 12.5 Å². The third-order valence-electron chi connectivity index (χ3n) is 7.96. The van der Waals surface area contributed by atoms with Gasteiger partial charge in [0.15, 0.2) is 9.34 Å². The van der Waals surface area contributed by atoms with Gasteiger partial charge in [0.1, 0.15) is 5.82 Å². The number of ether oxygens (including phenoxy) is 1. The van der Waals surface area contributed by atoms with Crippen LogP contribution in [-0.4, -0.2) is 110 Å². The molecule has 0 saturated carbocycles. The molecule has 0 aliphatic carbocycles. The lowest BCUT2D eigenvalue weighted by molar-refractivity contribution is 0.0971. The maximum absolute atomic E-state index is 13.5. The molecule has 0 amide bonds. The van der Waals surface area contributed by atoms with E-state index in [0.717, 1.165) is 49.0 Å². The first-order valence-electron chi connectivity index (χ1n) is 13.7. The Bertz CT molecular complexity index is 1350. The Labute approximate surface area is 240 Å².